The van der Waals surface area contributed by atoms with Crippen LogP contribution in [0.5, 0.6) is 0 Å². The molecule has 0 heterocycles. The van der Waals surface area contributed by atoms with Crippen molar-refractivity contribution in [1.29, 1.82) is 0 Å². The monoisotopic (exact) mass is 602 g/mol. The van der Waals surface area contributed by atoms with Gasteiger partial charge in [0, 0.05) is 28.4 Å². The fourth-order valence-electron chi connectivity index (χ4n) is 4.96. The quantitative estimate of drug-likeness (QED) is 0.119. The summed E-state index contributed by atoms with van der Waals surface area (Å²) in [6.07, 6.45) is 2.59. The van der Waals surface area contributed by atoms with Gasteiger partial charge in [-0.05, 0) is 86.2 Å². The second-order valence-corrected chi connectivity index (χ2v) is 11.0. The Labute approximate surface area is 256 Å². The molecular weight excluding hydrogens is 564 g/mol. The first kappa shape index (κ1) is 33.5. The van der Waals surface area contributed by atoms with Crippen molar-refractivity contribution in [3.63, 3.8) is 0 Å². The highest BCUT2D eigenvalue weighted by molar-refractivity contribution is 6.12. The van der Waals surface area contributed by atoms with E-state index in [1.54, 1.807) is 6.07 Å². The Hall–Kier alpha value is -4.99. The van der Waals surface area contributed by atoms with Gasteiger partial charge < -0.3 is 26.0 Å². The summed E-state index contributed by atoms with van der Waals surface area (Å²) in [7, 11) is 0. The van der Waals surface area contributed by atoms with E-state index in [2.05, 4.69) is 10.6 Å². The van der Waals surface area contributed by atoms with Crippen LogP contribution in [0.4, 0.5) is 11.4 Å². The summed E-state index contributed by atoms with van der Waals surface area (Å²) in [5.74, 6) is -5.26. The molecule has 0 aromatic heterocycles. The van der Waals surface area contributed by atoms with Crippen LogP contribution < -0.4 is 10.6 Å². The fraction of sp³-hybridized carbons (Fsp3) is 0.324. The number of hydrogen-bond donors (Lipinski definition) is 5. The average Bonchev–Trinajstić information content (AvgIpc) is 3.00. The number of aromatic carboxylic acids is 3. The van der Waals surface area contributed by atoms with Crippen molar-refractivity contribution in [3.8, 4) is 11.1 Å². The Balaban J connectivity index is 2.09. The number of benzene rings is 3. The molecule has 0 saturated heterocycles. The van der Waals surface area contributed by atoms with Crippen LogP contribution in [0.1, 0.15) is 112 Å². The van der Waals surface area contributed by atoms with Crippen molar-refractivity contribution in [2.24, 2.45) is 5.92 Å². The van der Waals surface area contributed by atoms with E-state index in [9.17, 15) is 39.3 Å². The molecule has 3 rings (SSSR count). The van der Waals surface area contributed by atoms with Crippen LogP contribution in [0.15, 0.2) is 54.6 Å². The van der Waals surface area contributed by atoms with Gasteiger partial charge in [0.25, 0.3) is 5.91 Å². The van der Waals surface area contributed by atoms with Gasteiger partial charge in [0.1, 0.15) is 0 Å². The van der Waals surface area contributed by atoms with Crippen molar-refractivity contribution in [2.75, 3.05) is 10.6 Å². The van der Waals surface area contributed by atoms with Crippen LogP contribution in [0.2, 0.25) is 0 Å². The zero-order valence-electron chi connectivity index (χ0n) is 25.5. The van der Waals surface area contributed by atoms with E-state index in [0.29, 0.717) is 29.7 Å². The number of hydrogen-bond acceptors (Lipinski definition) is 6. The predicted molar refractivity (Wildman–Crippen MR) is 168 cm³/mol. The number of nitrogens with one attached hydrogen (secondary N) is 2. The molecule has 0 bridgehead atoms. The Bertz CT molecular complexity index is 1600. The van der Waals surface area contributed by atoms with Gasteiger partial charge in [-0.25, -0.2) is 14.4 Å². The summed E-state index contributed by atoms with van der Waals surface area (Å²) in [6.45, 7) is 9.70. The van der Waals surface area contributed by atoms with E-state index >= 15 is 0 Å². The van der Waals surface area contributed by atoms with Gasteiger partial charge in [-0.1, -0.05) is 39.8 Å². The maximum atomic E-state index is 13.5. The number of carboxylic acids is 3. The Kier molecular flexibility index (Phi) is 10.7. The summed E-state index contributed by atoms with van der Waals surface area (Å²) in [6, 6.07) is 12.7. The van der Waals surface area contributed by atoms with E-state index in [1.807, 2.05) is 34.6 Å². The highest BCUT2D eigenvalue weighted by atomic mass is 16.4. The number of amides is 1. The number of carboxylic acid groups (broad SMARTS) is 3. The molecule has 10 heteroatoms. The zero-order chi connectivity index (χ0) is 32.8. The standard InChI is InChI=1S/C34H38N2O8/c1-6-19(7-2)29(37)27-16-20(10-12-25(27)32(41)42)21-11-13-26(33(43)44)28(17-21)30(38)35-23-14-22(31(39)40)15-24(18-23)36-34(5,8-3)9-4/h10-19,36H,6-9H2,1-5H3,(H,35,38)(H,39,40)(H,41,42)(H,43,44). The summed E-state index contributed by atoms with van der Waals surface area (Å²) in [4.78, 5) is 62.6. The van der Waals surface area contributed by atoms with Crippen LogP contribution >= 0.6 is 0 Å². The van der Waals surface area contributed by atoms with Gasteiger partial charge >= 0.3 is 17.9 Å². The zero-order valence-corrected chi connectivity index (χ0v) is 25.5. The number of carbonyl (C=O) groups excluding carboxylic acids is 2. The fourth-order valence-corrected chi connectivity index (χ4v) is 4.96. The first-order valence-corrected chi connectivity index (χ1v) is 14.5. The summed E-state index contributed by atoms with van der Waals surface area (Å²) in [5, 5.41) is 35.2. The molecule has 0 saturated carbocycles. The molecule has 0 unspecified atom stereocenters. The normalized spacial score (nSPS) is 11.2. The van der Waals surface area contributed by atoms with Crippen molar-refractivity contribution >= 4 is 41.0 Å². The number of anilines is 2. The lowest BCUT2D eigenvalue weighted by molar-refractivity contribution is 0.0682. The van der Waals surface area contributed by atoms with Gasteiger partial charge in [-0.15, -0.1) is 0 Å². The molecule has 1 amide bonds. The number of ketones is 1. The van der Waals surface area contributed by atoms with Crippen molar-refractivity contribution < 1.29 is 39.3 Å². The van der Waals surface area contributed by atoms with E-state index in [-0.39, 0.29) is 50.7 Å². The number of Topliss-reactive ketones (excluding diaryl/α,β-unsaturated/α-hetero) is 1. The van der Waals surface area contributed by atoms with Crippen molar-refractivity contribution in [3.05, 3.63) is 82.4 Å². The van der Waals surface area contributed by atoms with Crippen LogP contribution in [-0.2, 0) is 0 Å². The third-order valence-electron chi connectivity index (χ3n) is 8.14. The minimum absolute atomic E-state index is 0.0358. The van der Waals surface area contributed by atoms with Gasteiger partial charge in [0.05, 0.1) is 22.3 Å². The van der Waals surface area contributed by atoms with Gasteiger partial charge in [0.15, 0.2) is 5.78 Å². The van der Waals surface area contributed by atoms with E-state index in [4.69, 9.17) is 0 Å². The van der Waals surface area contributed by atoms with Crippen LogP contribution in [0.25, 0.3) is 11.1 Å². The smallest absolute Gasteiger partial charge is 0.336 e. The second kappa shape index (κ2) is 14.0. The van der Waals surface area contributed by atoms with E-state index in [0.717, 1.165) is 12.8 Å². The molecular formula is C34H38N2O8. The third kappa shape index (κ3) is 7.50. The molecule has 0 radical (unpaired) electrons. The summed E-state index contributed by atoms with van der Waals surface area (Å²) < 4.78 is 0. The second-order valence-electron chi connectivity index (χ2n) is 11.0. The van der Waals surface area contributed by atoms with Gasteiger partial charge in [-0.3, -0.25) is 9.59 Å². The summed E-state index contributed by atoms with van der Waals surface area (Å²) in [5.41, 5.74) is 0.445. The molecule has 3 aromatic rings. The molecule has 10 nitrogen and oxygen atoms in total. The molecule has 3 aromatic carbocycles. The van der Waals surface area contributed by atoms with Crippen molar-refractivity contribution in [2.45, 2.75) is 65.8 Å². The van der Waals surface area contributed by atoms with Gasteiger partial charge in [0.2, 0.25) is 0 Å². The van der Waals surface area contributed by atoms with E-state index < -0.39 is 23.8 Å². The van der Waals surface area contributed by atoms with Crippen molar-refractivity contribution in [1.82, 2.24) is 0 Å². The average molecular weight is 603 g/mol. The minimum Gasteiger partial charge on any atom is -0.478 e. The largest absolute Gasteiger partial charge is 0.478 e. The molecule has 0 fully saturated rings. The Morgan fingerprint density at radius 1 is 0.659 bits per heavy atom. The maximum absolute atomic E-state index is 13.5. The highest BCUT2D eigenvalue weighted by Gasteiger charge is 2.25. The topological polar surface area (TPSA) is 170 Å². The molecule has 0 aliphatic carbocycles. The molecule has 0 aliphatic rings. The first-order valence-electron chi connectivity index (χ1n) is 14.5. The third-order valence-corrected chi connectivity index (χ3v) is 8.14. The maximum Gasteiger partial charge on any atom is 0.336 e. The van der Waals surface area contributed by atoms with E-state index in [1.165, 1.54) is 48.5 Å². The van der Waals surface area contributed by atoms with Gasteiger partial charge in [-0.2, -0.15) is 0 Å². The number of rotatable bonds is 14. The molecule has 232 valence electrons. The molecule has 5 N–H and O–H groups in total. The predicted octanol–water partition coefficient (Wildman–Crippen LogP) is 7.31. The lowest BCUT2D eigenvalue weighted by Gasteiger charge is -2.30. The lowest BCUT2D eigenvalue weighted by atomic mass is 9.88. The van der Waals surface area contributed by atoms with Crippen LogP contribution in [-0.4, -0.2) is 50.5 Å². The first-order chi connectivity index (χ1) is 20.8. The molecule has 0 atom stereocenters. The highest BCUT2D eigenvalue weighted by Crippen LogP contribution is 2.30. The Morgan fingerprint density at radius 2 is 1.16 bits per heavy atom. The summed E-state index contributed by atoms with van der Waals surface area (Å²) >= 11 is 0. The molecule has 44 heavy (non-hydrogen) atoms. The molecule has 0 aliphatic heterocycles. The lowest BCUT2D eigenvalue weighted by Crippen LogP contribution is -2.33. The van der Waals surface area contributed by atoms with Crippen LogP contribution in [0, 0.1) is 5.92 Å². The Morgan fingerprint density at radius 3 is 1.64 bits per heavy atom. The molecule has 0 spiro atoms. The minimum atomic E-state index is -1.35. The number of carbonyl (C=O) groups is 5. The SMILES string of the molecule is CCC(CC)C(=O)c1cc(-c2ccc(C(=O)O)c(C(=O)Nc3cc(NC(C)(CC)CC)cc(C(=O)O)c3)c2)ccc1C(=O)O. The van der Waals surface area contributed by atoms with Crippen LogP contribution in [0.3, 0.4) is 0 Å².